The van der Waals surface area contributed by atoms with Gasteiger partial charge in [-0.25, -0.2) is 0 Å². The van der Waals surface area contributed by atoms with E-state index in [1.54, 1.807) is 0 Å². The van der Waals surface area contributed by atoms with E-state index >= 15 is 0 Å². The SMILES string of the molecule is CC(C)CSCC(Cc1cccc(Cl)c1)NN. The van der Waals surface area contributed by atoms with E-state index in [2.05, 4.69) is 25.3 Å². The molecule has 0 radical (unpaired) electrons. The van der Waals surface area contributed by atoms with Crippen LogP contribution in [0, 0.1) is 5.92 Å². The Labute approximate surface area is 113 Å². The fraction of sp³-hybridized carbons (Fsp3) is 0.538. The first kappa shape index (κ1) is 14.8. The molecule has 0 heterocycles. The van der Waals surface area contributed by atoms with Gasteiger partial charge in [-0.05, 0) is 35.8 Å². The summed E-state index contributed by atoms with van der Waals surface area (Å²) in [5, 5.41) is 0.785. The molecule has 0 aliphatic heterocycles. The number of halogens is 1. The second-order valence-corrected chi connectivity index (χ2v) is 6.14. The second kappa shape index (κ2) is 7.98. The third-order valence-corrected chi connectivity index (χ3v) is 4.15. The zero-order valence-electron chi connectivity index (χ0n) is 10.4. The third-order valence-electron chi connectivity index (χ3n) is 2.38. The first-order valence-electron chi connectivity index (χ1n) is 5.90. The largest absolute Gasteiger partial charge is 0.271 e. The molecular formula is C13H21ClN2S. The Kier molecular flexibility index (Phi) is 6.97. The van der Waals surface area contributed by atoms with E-state index < -0.39 is 0 Å². The Morgan fingerprint density at radius 3 is 2.71 bits per heavy atom. The van der Waals surface area contributed by atoms with Crippen molar-refractivity contribution >= 4 is 23.4 Å². The minimum Gasteiger partial charge on any atom is -0.271 e. The lowest BCUT2D eigenvalue weighted by molar-refractivity contribution is 0.575. The van der Waals surface area contributed by atoms with Gasteiger partial charge in [0, 0.05) is 16.8 Å². The average Bonchev–Trinajstić information content (AvgIpc) is 2.27. The van der Waals surface area contributed by atoms with Crippen LogP contribution >= 0.6 is 23.4 Å². The number of nitrogens with two attached hydrogens (primary N) is 1. The van der Waals surface area contributed by atoms with E-state index in [1.807, 2.05) is 30.0 Å². The molecule has 1 rings (SSSR count). The molecule has 0 bridgehead atoms. The number of hydrogen-bond acceptors (Lipinski definition) is 3. The molecule has 0 saturated heterocycles. The van der Waals surface area contributed by atoms with Crippen molar-refractivity contribution in [2.24, 2.45) is 11.8 Å². The zero-order valence-corrected chi connectivity index (χ0v) is 12.0. The fourth-order valence-electron chi connectivity index (χ4n) is 1.56. The highest BCUT2D eigenvalue weighted by molar-refractivity contribution is 7.99. The van der Waals surface area contributed by atoms with Crippen molar-refractivity contribution in [3.63, 3.8) is 0 Å². The molecule has 0 fully saturated rings. The highest BCUT2D eigenvalue weighted by Crippen LogP contribution is 2.15. The monoisotopic (exact) mass is 272 g/mol. The van der Waals surface area contributed by atoms with E-state index in [9.17, 15) is 0 Å². The van der Waals surface area contributed by atoms with Crippen molar-refractivity contribution in [3.8, 4) is 0 Å². The second-order valence-electron chi connectivity index (χ2n) is 4.63. The van der Waals surface area contributed by atoms with Gasteiger partial charge in [0.1, 0.15) is 0 Å². The van der Waals surface area contributed by atoms with Crippen LogP contribution in [0.5, 0.6) is 0 Å². The number of thioether (sulfide) groups is 1. The molecule has 1 aromatic rings. The first-order valence-corrected chi connectivity index (χ1v) is 7.43. The van der Waals surface area contributed by atoms with Crippen LogP contribution in [0.4, 0.5) is 0 Å². The Hall–Kier alpha value is -0.220. The van der Waals surface area contributed by atoms with E-state index in [0.717, 1.165) is 23.1 Å². The van der Waals surface area contributed by atoms with Crippen molar-refractivity contribution in [1.29, 1.82) is 0 Å². The Balaban J connectivity index is 2.41. The van der Waals surface area contributed by atoms with Gasteiger partial charge in [-0.3, -0.25) is 11.3 Å². The molecule has 1 aromatic carbocycles. The summed E-state index contributed by atoms with van der Waals surface area (Å²) in [7, 11) is 0. The maximum absolute atomic E-state index is 5.96. The maximum Gasteiger partial charge on any atom is 0.0408 e. The van der Waals surface area contributed by atoms with Crippen LogP contribution in [-0.2, 0) is 6.42 Å². The topological polar surface area (TPSA) is 38.0 Å². The van der Waals surface area contributed by atoms with Crippen LogP contribution in [0.3, 0.4) is 0 Å². The summed E-state index contributed by atoms with van der Waals surface area (Å²) in [6, 6.07) is 8.26. The molecule has 2 nitrogen and oxygen atoms in total. The highest BCUT2D eigenvalue weighted by atomic mass is 35.5. The molecule has 0 spiro atoms. The van der Waals surface area contributed by atoms with Gasteiger partial charge in [-0.1, -0.05) is 37.6 Å². The van der Waals surface area contributed by atoms with Crippen molar-refractivity contribution < 1.29 is 0 Å². The Bertz CT molecular complexity index is 331. The van der Waals surface area contributed by atoms with Gasteiger partial charge in [0.2, 0.25) is 0 Å². The molecule has 1 unspecified atom stereocenters. The standard InChI is InChI=1S/C13H21ClN2S/c1-10(2)8-17-9-13(16-15)7-11-4-3-5-12(14)6-11/h3-6,10,13,16H,7-9,15H2,1-2H3. The summed E-state index contributed by atoms with van der Waals surface area (Å²) < 4.78 is 0. The molecule has 96 valence electrons. The van der Waals surface area contributed by atoms with Crippen molar-refractivity contribution in [3.05, 3.63) is 34.9 Å². The van der Waals surface area contributed by atoms with Gasteiger partial charge in [0.25, 0.3) is 0 Å². The predicted octanol–water partition coefficient (Wildman–Crippen LogP) is 3.10. The third kappa shape index (κ3) is 6.32. The number of benzene rings is 1. The van der Waals surface area contributed by atoms with Gasteiger partial charge >= 0.3 is 0 Å². The van der Waals surface area contributed by atoms with Gasteiger partial charge in [0.05, 0.1) is 0 Å². The number of hydrazine groups is 1. The smallest absolute Gasteiger partial charge is 0.0408 e. The summed E-state index contributed by atoms with van der Waals surface area (Å²) in [5.41, 5.74) is 4.11. The van der Waals surface area contributed by atoms with Crippen LogP contribution < -0.4 is 11.3 Å². The summed E-state index contributed by atoms with van der Waals surface area (Å²) in [4.78, 5) is 0. The predicted molar refractivity (Wildman–Crippen MR) is 78.4 cm³/mol. The number of hydrogen-bond donors (Lipinski definition) is 2. The molecule has 0 saturated carbocycles. The van der Waals surface area contributed by atoms with Gasteiger partial charge in [-0.15, -0.1) is 0 Å². The van der Waals surface area contributed by atoms with E-state index in [4.69, 9.17) is 17.4 Å². The molecule has 3 N–H and O–H groups in total. The summed E-state index contributed by atoms with van der Waals surface area (Å²) in [6.07, 6.45) is 0.919. The van der Waals surface area contributed by atoms with Crippen LogP contribution in [-0.4, -0.2) is 17.5 Å². The van der Waals surface area contributed by atoms with Crippen molar-refractivity contribution in [2.45, 2.75) is 26.3 Å². The lowest BCUT2D eigenvalue weighted by Crippen LogP contribution is -2.38. The van der Waals surface area contributed by atoms with Crippen molar-refractivity contribution in [1.82, 2.24) is 5.43 Å². The van der Waals surface area contributed by atoms with Crippen LogP contribution in [0.25, 0.3) is 0 Å². The lowest BCUT2D eigenvalue weighted by atomic mass is 10.1. The lowest BCUT2D eigenvalue weighted by Gasteiger charge is -2.16. The van der Waals surface area contributed by atoms with Crippen LogP contribution in [0.2, 0.25) is 5.02 Å². The van der Waals surface area contributed by atoms with Gasteiger partial charge in [0.15, 0.2) is 0 Å². The van der Waals surface area contributed by atoms with Crippen molar-refractivity contribution in [2.75, 3.05) is 11.5 Å². The quantitative estimate of drug-likeness (QED) is 0.592. The van der Waals surface area contributed by atoms with E-state index in [1.165, 1.54) is 11.3 Å². The molecule has 0 aromatic heterocycles. The molecule has 0 aliphatic carbocycles. The number of nitrogens with one attached hydrogen (secondary N) is 1. The highest BCUT2D eigenvalue weighted by Gasteiger charge is 2.08. The molecule has 0 aliphatic rings. The summed E-state index contributed by atoms with van der Waals surface area (Å²) >= 11 is 7.90. The van der Waals surface area contributed by atoms with Crippen LogP contribution in [0.1, 0.15) is 19.4 Å². The maximum atomic E-state index is 5.96. The molecule has 4 heteroatoms. The zero-order chi connectivity index (χ0) is 12.7. The summed E-state index contributed by atoms with van der Waals surface area (Å²) in [6.45, 7) is 4.46. The molecular weight excluding hydrogens is 252 g/mol. The summed E-state index contributed by atoms with van der Waals surface area (Å²) in [5.74, 6) is 8.51. The first-order chi connectivity index (χ1) is 8.11. The normalized spacial score (nSPS) is 13.0. The Morgan fingerprint density at radius 2 is 2.12 bits per heavy atom. The molecule has 17 heavy (non-hydrogen) atoms. The number of rotatable bonds is 7. The van der Waals surface area contributed by atoms with E-state index in [0.29, 0.717) is 6.04 Å². The van der Waals surface area contributed by atoms with Crippen LogP contribution in [0.15, 0.2) is 24.3 Å². The average molecular weight is 273 g/mol. The minimum atomic E-state index is 0.303. The minimum absolute atomic E-state index is 0.303. The molecule has 1 atom stereocenters. The fourth-order valence-corrected chi connectivity index (χ4v) is 2.88. The Morgan fingerprint density at radius 1 is 1.35 bits per heavy atom. The van der Waals surface area contributed by atoms with Gasteiger partial charge in [-0.2, -0.15) is 11.8 Å². The van der Waals surface area contributed by atoms with E-state index in [-0.39, 0.29) is 0 Å². The molecule has 0 amide bonds. The van der Waals surface area contributed by atoms with Gasteiger partial charge < -0.3 is 0 Å².